The van der Waals surface area contributed by atoms with Gasteiger partial charge >= 0.3 is 5.97 Å². The molecule has 3 aliphatic rings. The molecular weight excluding hydrogens is 484 g/mol. The number of carboxylic acids is 1. The number of carbonyl (C=O) groups excluding carboxylic acids is 2. The molecule has 6 nitrogen and oxygen atoms in total. The van der Waals surface area contributed by atoms with E-state index in [1.54, 1.807) is 36.4 Å². The Balaban J connectivity index is 1.38. The topological polar surface area (TPSA) is 87.6 Å². The number of fused-ring (bicyclic) bond motifs is 6. The van der Waals surface area contributed by atoms with E-state index in [1.165, 1.54) is 4.90 Å². The maximum atomic E-state index is 13.1. The standard InChI is InChI=1S/C26H21BrN2O4/c1-12-8-16(27)10-18-19(26(32)33)11-20(28-23(12)18)13-4-6-17(7-5-13)29-24(30)21-14-2-3-15(9-14)22(21)25(29)31/h4-8,10-11,14-15,21-22H,2-3,9H2,1H3,(H,32,33). The van der Waals surface area contributed by atoms with Crippen LogP contribution in [0.4, 0.5) is 5.69 Å². The largest absolute Gasteiger partial charge is 0.478 e. The van der Waals surface area contributed by atoms with Crippen LogP contribution >= 0.6 is 15.9 Å². The molecule has 1 aromatic heterocycles. The average molecular weight is 505 g/mol. The monoisotopic (exact) mass is 504 g/mol. The Bertz CT molecular complexity index is 1340. The summed E-state index contributed by atoms with van der Waals surface area (Å²) < 4.78 is 0.798. The molecule has 2 heterocycles. The third-order valence-corrected chi connectivity index (χ3v) is 8.11. The lowest BCUT2D eigenvalue weighted by Crippen LogP contribution is -2.32. The van der Waals surface area contributed by atoms with Crippen molar-refractivity contribution < 1.29 is 19.5 Å². The molecule has 33 heavy (non-hydrogen) atoms. The second kappa shape index (κ2) is 7.22. The van der Waals surface area contributed by atoms with Crippen LogP contribution in [0.2, 0.25) is 0 Å². The number of carbonyl (C=O) groups is 3. The molecular formula is C26H21BrN2O4. The highest BCUT2D eigenvalue weighted by molar-refractivity contribution is 9.10. The normalized spacial score (nSPS) is 25.8. The van der Waals surface area contributed by atoms with Crippen molar-refractivity contribution in [2.45, 2.75) is 26.2 Å². The summed E-state index contributed by atoms with van der Waals surface area (Å²) in [6.07, 6.45) is 3.11. The summed E-state index contributed by atoms with van der Waals surface area (Å²) in [6, 6.07) is 12.4. The number of hydrogen-bond acceptors (Lipinski definition) is 4. The fourth-order valence-corrected chi connectivity index (χ4v) is 6.80. The molecule has 1 saturated heterocycles. The Morgan fingerprint density at radius 3 is 2.27 bits per heavy atom. The van der Waals surface area contributed by atoms with E-state index in [9.17, 15) is 19.5 Å². The minimum absolute atomic E-state index is 0.0665. The van der Waals surface area contributed by atoms with Crippen LogP contribution < -0.4 is 4.90 Å². The van der Waals surface area contributed by atoms with Crippen LogP contribution in [0.5, 0.6) is 0 Å². The molecule has 7 heteroatoms. The summed E-state index contributed by atoms with van der Waals surface area (Å²) in [5, 5.41) is 10.4. The molecule has 4 atom stereocenters. The van der Waals surface area contributed by atoms with E-state index in [-0.39, 0.29) is 29.2 Å². The zero-order chi connectivity index (χ0) is 23.0. The lowest BCUT2D eigenvalue weighted by Gasteiger charge is -2.19. The van der Waals surface area contributed by atoms with Gasteiger partial charge in [-0.2, -0.15) is 0 Å². The number of pyridine rings is 1. The van der Waals surface area contributed by atoms with E-state index in [2.05, 4.69) is 15.9 Å². The number of imide groups is 1. The van der Waals surface area contributed by atoms with Crippen molar-refractivity contribution >= 4 is 50.3 Å². The molecule has 3 aromatic rings. The van der Waals surface area contributed by atoms with Gasteiger partial charge in [-0.25, -0.2) is 9.78 Å². The molecule has 6 rings (SSSR count). The molecule has 2 saturated carbocycles. The number of benzene rings is 2. The summed E-state index contributed by atoms with van der Waals surface area (Å²) in [7, 11) is 0. The minimum atomic E-state index is -1.02. The van der Waals surface area contributed by atoms with Crippen LogP contribution in [0.1, 0.15) is 35.2 Å². The summed E-state index contributed by atoms with van der Waals surface area (Å²) in [5.74, 6) is -0.768. The molecule has 1 aliphatic heterocycles. The van der Waals surface area contributed by atoms with Gasteiger partial charge in [-0.1, -0.05) is 28.1 Å². The number of halogens is 1. The van der Waals surface area contributed by atoms with Crippen molar-refractivity contribution in [2.75, 3.05) is 4.90 Å². The zero-order valence-corrected chi connectivity index (χ0v) is 19.5. The Kier molecular flexibility index (Phi) is 4.49. The van der Waals surface area contributed by atoms with E-state index in [0.717, 1.165) is 34.9 Å². The Hall–Kier alpha value is -3.06. The summed E-state index contributed by atoms with van der Waals surface area (Å²) in [6.45, 7) is 1.90. The van der Waals surface area contributed by atoms with E-state index in [0.29, 0.717) is 34.1 Å². The van der Waals surface area contributed by atoms with E-state index in [1.807, 2.05) is 13.0 Å². The first-order valence-electron chi connectivity index (χ1n) is 11.2. The summed E-state index contributed by atoms with van der Waals surface area (Å²) >= 11 is 3.43. The molecule has 166 valence electrons. The van der Waals surface area contributed by atoms with E-state index < -0.39 is 5.97 Å². The average Bonchev–Trinajstić information content (AvgIpc) is 3.47. The van der Waals surface area contributed by atoms with Crippen molar-refractivity contribution in [3.8, 4) is 11.3 Å². The predicted molar refractivity (Wildman–Crippen MR) is 127 cm³/mol. The summed E-state index contributed by atoms with van der Waals surface area (Å²) in [5.41, 5.74) is 3.51. The summed E-state index contributed by atoms with van der Waals surface area (Å²) in [4.78, 5) is 44.2. The highest BCUT2D eigenvalue weighted by atomic mass is 79.9. The number of aromatic nitrogens is 1. The highest BCUT2D eigenvalue weighted by Gasteiger charge is 2.61. The van der Waals surface area contributed by atoms with Crippen molar-refractivity contribution in [1.29, 1.82) is 0 Å². The predicted octanol–water partition coefficient (Wildman–Crippen LogP) is 5.21. The molecule has 4 unspecified atom stereocenters. The van der Waals surface area contributed by atoms with Crippen molar-refractivity contribution in [2.24, 2.45) is 23.7 Å². The van der Waals surface area contributed by atoms with Gasteiger partial charge in [0.15, 0.2) is 0 Å². The lowest BCUT2D eigenvalue weighted by atomic mass is 9.81. The fourth-order valence-electron chi connectivity index (χ4n) is 6.23. The molecule has 0 radical (unpaired) electrons. The maximum absolute atomic E-state index is 13.1. The van der Waals surface area contributed by atoms with Crippen LogP contribution in [0.3, 0.4) is 0 Å². The number of amides is 2. The van der Waals surface area contributed by atoms with E-state index in [4.69, 9.17) is 4.98 Å². The van der Waals surface area contributed by atoms with Gasteiger partial charge in [0.2, 0.25) is 11.8 Å². The second-order valence-corrected chi connectivity index (χ2v) is 10.3. The molecule has 2 amide bonds. The van der Waals surface area contributed by atoms with Gasteiger partial charge < -0.3 is 5.11 Å². The first-order valence-corrected chi connectivity index (χ1v) is 11.9. The Morgan fingerprint density at radius 1 is 1.03 bits per heavy atom. The number of hydrogen-bond donors (Lipinski definition) is 1. The number of aromatic carboxylic acids is 1. The zero-order valence-electron chi connectivity index (χ0n) is 17.9. The van der Waals surface area contributed by atoms with Gasteiger partial charge in [0, 0.05) is 15.4 Å². The fraction of sp³-hybridized carbons (Fsp3) is 0.308. The molecule has 2 aliphatic carbocycles. The molecule has 3 fully saturated rings. The van der Waals surface area contributed by atoms with Crippen molar-refractivity contribution in [1.82, 2.24) is 4.98 Å². The Labute approximate surface area is 198 Å². The molecule has 2 aromatic carbocycles. The van der Waals surface area contributed by atoms with Gasteiger partial charge in [0.1, 0.15) is 0 Å². The van der Waals surface area contributed by atoms with Crippen LogP contribution in [0.25, 0.3) is 22.2 Å². The first-order chi connectivity index (χ1) is 15.8. The number of anilines is 1. The van der Waals surface area contributed by atoms with Crippen molar-refractivity contribution in [3.05, 3.63) is 58.1 Å². The number of aryl methyl sites for hydroxylation is 1. The molecule has 0 spiro atoms. The van der Waals surface area contributed by atoms with Crippen LogP contribution in [-0.2, 0) is 9.59 Å². The van der Waals surface area contributed by atoms with Gasteiger partial charge in [-0.3, -0.25) is 14.5 Å². The van der Waals surface area contributed by atoms with Gasteiger partial charge in [0.05, 0.1) is 34.3 Å². The van der Waals surface area contributed by atoms with Gasteiger partial charge in [0.25, 0.3) is 0 Å². The third kappa shape index (κ3) is 2.98. The van der Waals surface area contributed by atoms with Crippen LogP contribution in [0, 0.1) is 30.6 Å². The lowest BCUT2D eigenvalue weighted by molar-refractivity contribution is -0.123. The maximum Gasteiger partial charge on any atom is 0.336 e. The first kappa shape index (κ1) is 20.5. The SMILES string of the molecule is Cc1cc(Br)cc2c(C(=O)O)cc(-c3ccc(N4C(=O)C5C6CCC(C6)C5C4=O)cc3)nc12. The number of nitrogens with zero attached hydrogens (tertiary/aromatic N) is 2. The minimum Gasteiger partial charge on any atom is -0.478 e. The number of rotatable bonds is 3. The van der Waals surface area contributed by atoms with Gasteiger partial charge in [-0.05, 0) is 73.9 Å². The number of carboxylic acid groups (broad SMARTS) is 1. The van der Waals surface area contributed by atoms with Crippen LogP contribution in [0.15, 0.2) is 46.9 Å². The van der Waals surface area contributed by atoms with E-state index >= 15 is 0 Å². The third-order valence-electron chi connectivity index (χ3n) is 7.65. The second-order valence-electron chi connectivity index (χ2n) is 9.42. The Morgan fingerprint density at radius 2 is 1.67 bits per heavy atom. The molecule has 2 bridgehead atoms. The van der Waals surface area contributed by atoms with Crippen molar-refractivity contribution in [3.63, 3.8) is 0 Å². The quantitative estimate of drug-likeness (QED) is 0.494. The highest BCUT2D eigenvalue weighted by Crippen LogP contribution is 2.56. The van der Waals surface area contributed by atoms with Crippen LogP contribution in [-0.4, -0.2) is 27.9 Å². The molecule has 1 N–H and O–H groups in total. The smallest absolute Gasteiger partial charge is 0.336 e. The van der Waals surface area contributed by atoms with Gasteiger partial charge in [-0.15, -0.1) is 0 Å².